The third-order valence-corrected chi connectivity index (χ3v) is 4.45. The molecule has 2 aliphatic carbocycles. The van der Waals surface area contributed by atoms with E-state index in [0.717, 1.165) is 23.7 Å². The van der Waals surface area contributed by atoms with Crippen molar-refractivity contribution in [3.8, 4) is 0 Å². The lowest BCUT2D eigenvalue weighted by atomic mass is 9.97. The summed E-state index contributed by atoms with van der Waals surface area (Å²) in [5.74, 6) is 4.39. The molecule has 2 aliphatic rings. The first kappa shape index (κ1) is 9.55. The van der Waals surface area contributed by atoms with Crippen molar-refractivity contribution in [2.75, 3.05) is 0 Å². The maximum Gasteiger partial charge on any atom is -0.0386 e. The molecular formula is C13H24. The predicted octanol–water partition coefficient (Wildman–Crippen LogP) is 4.25. The van der Waals surface area contributed by atoms with E-state index in [2.05, 4.69) is 13.8 Å². The van der Waals surface area contributed by atoms with Crippen LogP contribution in [0.5, 0.6) is 0 Å². The van der Waals surface area contributed by atoms with Crippen molar-refractivity contribution in [1.82, 2.24) is 0 Å². The Morgan fingerprint density at radius 3 is 2.23 bits per heavy atom. The third-order valence-electron chi connectivity index (χ3n) is 4.45. The molecule has 76 valence electrons. The Morgan fingerprint density at radius 1 is 1.00 bits per heavy atom. The molecule has 0 radical (unpaired) electrons. The van der Waals surface area contributed by atoms with Crippen LogP contribution in [-0.2, 0) is 0 Å². The maximum absolute atomic E-state index is 2.41. The monoisotopic (exact) mass is 180 g/mol. The van der Waals surface area contributed by atoms with Crippen LogP contribution in [0.3, 0.4) is 0 Å². The highest BCUT2D eigenvalue weighted by Crippen LogP contribution is 2.44. The maximum atomic E-state index is 2.41. The molecule has 0 aromatic heterocycles. The van der Waals surface area contributed by atoms with Crippen molar-refractivity contribution < 1.29 is 0 Å². The van der Waals surface area contributed by atoms with E-state index >= 15 is 0 Å². The molecule has 0 heteroatoms. The fourth-order valence-corrected chi connectivity index (χ4v) is 3.06. The van der Waals surface area contributed by atoms with E-state index in [4.69, 9.17) is 0 Å². The summed E-state index contributed by atoms with van der Waals surface area (Å²) < 4.78 is 0. The van der Waals surface area contributed by atoms with E-state index in [1.807, 2.05) is 0 Å². The molecule has 13 heavy (non-hydrogen) atoms. The summed E-state index contributed by atoms with van der Waals surface area (Å²) in [5, 5.41) is 0. The van der Waals surface area contributed by atoms with Gasteiger partial charge in [0.15, 0.2) is 0 Å². The molecule has 0 amide bonds. The summed E-state index contributed by atoms with van der Waals surface area (Å²) in [6.07, 6.45) is 10.7. The van der Waals surface area contributed by atoms with Crippen molar-refractivity contribution in [3.63, 3.8) is 0 Å². The van der Waals surface area contributed by atoms with Crippen LogP contribution in [0, 0.1) is 23.7 Å². The molecule has 0 spiro atoms. The topological polar surface area (TPSA) is 0 Å². The molecule has 0 nitrogen and oxygen atoms in total. The highest BCUT2D eigenvalue weighted by Gasteiger charge is 2.33. The minimum atomic E-state index is 1.07. The Kier molecular flexibility index (Phi) is 2.96. The van der Waals surface area contributed by atoms with Crippen molar-refractivity contribution in [2.45, 2.75) is 58.8 Å². The predicted molar refractivity (Wildman–Crippen MR) is 57.6 cm³/mol. The lowest BCUT2D eigenvalue weighted by Gasteiger charge is -2.09. The van der Waals surface area contributed by atoms with Crippen molar-refractivity contribution >= 4 is 0 Å². The Bertz CT molecular complexity index is 161. The molecule has 2 rings (SSSR count). The van der Waals surface area contributed by atoms with Gasteiger partial charge in [-0.15, -0.1) is 0 Å². The first-order valence-electron chi connectivity index (χ1n) is 6.29. The van der Waals surface area contributed by atoms with Crippen LogP contribution in [0.4, 0.5) is 0 Å². The summed E-state index contributed by atoms with van der Waals surface area (Å²) in [6.45, 7) is 4.77. The Hall–Kier alpha value is 0. The normalized spacial score (nSPS) is 43.8. The largest absolute Gasteiger partial charge is 0.0651 e. The first-order chi connectivity index (χ1) is 6.29. The van der Waals surface area contributed by atoms with Crippen molar-refractivity contribution in [3.05, 3.63) is 0 Å². The molecule has 0 heterocycles. The zero-order chi connectivity index (χ0) is 9.26. The van der Waals surface area contributed by atoms with Crippen LogP contribution in [-0.4, -0.2) is 0 Å². The Labute approximate surface area is 83.1 Å². The van der Waals surface area contributed by atoms with Crippen LogP contribution in [0.2, 0.25) is 0 Å². The van der Waals surface area contributed by atoms with Gasteiger partial charge in [-0.2, -0.15) is 0 Å². The van der Waals surface area contributed by atoms with Gasteiger partial charge < -0.3 is 0 Å². The minimum absolute atomic E-state index is 1.07. The lowest BCUT2D eigenvalue weighted by Crippen LogP contribution is -1.96. The van der Waals surface area contributed by atoms with Gasteiger partial charge in [0.1, 0.15) is 0 Å². The standard InChI is InChI=1S/C13H24/c1-3-11-4-5-12(9-11)6-7-13-8-10(13)2/h10-13H,3-9H2,1-2H3. The fourth-order valence-electron chi connectivity index (χ4n) is 3.06. The smallest absolute Gasteiger partial charge is 0.0386 e. The minimum Gasteiger partial charge on any atom is -0.0651 e. The summed E-state index contributed by atoms with van der Waals surface area (Å²) >= 11 is 0. The molecule has 4 unspecified atom stereocenters. The molecule has 0 bridgehead atoms. The van der Waals surface area contributed by atoms with Gasteiger partial charge >= 0.3 is 0 Å². The number of rotatable bonds is 4. The van der Waals surface area contributed by atoms with E-state index in [0.29, 0.717) is 0 Å². The van der Waals surface area contributed by atoms with Gasteiger partial charge in [-0.1, -0.05) is 39.5 Å². The van der Waals surface area contributed by atoms with Crippen LogP contribution >= 0.6 is 0 Å². The second-order valence-corrected chi connectivity index (χ2v) is 5.50. The van der Waals surface area contributed by atoms with E-state index in [1.165, 1.54) is 19.3 Å². The summed E-state index contributed by atoms with van der Waals surface area (Å²) in [7, 11) is 0. The molecule has 0 aromatic rings. The van der Waals surface area contributed by atoms with Gasteiger partial charge in [0.05, 0.1) is 0 Å². The lowest BCUT2D eigenvalue weighted by molar-refractivity contribution is 0.430. The van der Waals surface area contributed by atoms with E-state index in [-0.39, 0.29) is 0 Å². The SMILES string of the molecule is CCC1CCC(CCC2CC2C)C1. The van der Waals surface area contributed by atoms with Crippen LogP contribution in [0.1, 0.15) is 58.8 Å². The number of hydrogen-bond acceptors (Lipinski definition) is 0. The van der Waals surface area contributed by atoms with Gasteiger partial charge in [-0.05, 0) is 42.9 Å². The summed E-state index contributed by atoms with van der Waals surface area (Å²) in [5.41, 5.74) is 0. The van der Waals surface area contributed by atoms with Crippen molar-refractivity contribution in [2.24, 2.45) is 23.7 Å². The molecule has 0 saturated heterocycles. The molecular weight excluding hydrogens is 156 g/mol. The summed E-state index contributed by atoms with van der Waals surface area (Å²) in [6, 6.07) is 0. The van der Waals surface area contributed by atoms with Gasteiger partial charge in [0, 0.05) is 0 Å². The van der Waals surface area contributed by atoms with Crippen LogP contribution in [0.15, 0.2) is 0 Å². The molecule has 4 atom stereocenters. The van der Waals surface area contributed by atoms with Gasteiger partial charge in [-0.25, -0.2) is 0 Å². The van der Waals surface area contributed by atoms with Gasteiger partial charge in [-0.3, -0.25) is 0 Å². The molecule has 2 saturated carbocycles. The second-order valence-electron chi connectivity index (χ2n) is 5.50. The van der Waals surface area contributed by atoms with Crippen LogP contribution < -0.4 is 0 Å². The average Bonchev–Trinajstić information content (AvgIpc) is 2.68. The molecule has 0 aromatic carbocycles. The molecule has 2 fully saturated rings. The first-order valence-corrected chi connectivity index (χ1v) is 6.29. The van der Waals surface area contributed by atoms with Crippen LogP contribution in [0.25, 0.3) is 0 Å². The van der Waals surface area contributed by atoms with Gasteiger partial charge in [0.2, 0.25) is 0 Å². The highest BCUT2D eigenvalue weighted by atomic mass is 14.4. The second kappa shape index (κ2) is 4.02. The van der Waals surface area contributed by atoms with Gasteiger partial charge in [0.25, 0.3) is 0 Å². The average molecular weight is 180 g/mol. The van der Waals surface area contributed by atoms with Crippen molar-refractivity contribution in [1.29, 1.82) is 0 Å². The van der Waals surface area contributed by atoms with E-state index < -0.39 is 0 Å². The quantitative estimate of drug-likeness (QED) is 0.606. The third kappa shape index (κ3) is 2.48. The highest BCUT2D eigenvalue weighted by molar-refractivity contribution is 4.84. The van der Waals surface area contributed by atoms with E-state index in [1.54, 1.807) is 25.7 Å². The van der Waals surface area contributed by atoms with E-state index in [9.17, 15) is 0 Å². The molecule has 0 N–H and O–H groups in total. The summed E-state index contributed by atoms with van der Waals surface area (Å²) in [4.78, 5) is 0. The Balaban J connectivity index is 1.60. The zero-order valence-electron chi connectivity index (χ0n) is 9.26. The fraction of sp³-hybridized carbons (Fsp3) is 1.00. The number of hydrogen-bond donors (Lipinski definition) is 0. The Morgan fingerprint density at radius 2 is 1.69 bits per heavy atom. The molecule has 0 aliphatic heterocycles. The zero-order valence-corrected chi connectivity index (χ0v) is 9.26.